The Morgan fingerprint density at radius 1 is 0.804 bits per heavy atom. The predicted octanol–water partition coefficient (Wildman–Crippen LogP) is 6.03. The van der Waals surface area contributed by atoms with Gasteiger partial charge in [0.2, 0.25) is 0 Å². The second-order valence-corrected chi connectivity index (χ2v) is 12.7. The maximum atomic E-state index is 14.5. The van der Waals surface area contributed by atoms with Gasteiger partial charge in [0.05, 0.1) is 13.2 Å². The van der Waals surface area contributed by atoms with Gasteiger partial charge in [-0.25, -0.2) is 13.6 Å². The number of halogens is 3. The lowest BCUT2D eigenvalue weighted by Gasteiger charge is -2.46. The van der Waals surface area contributed by atoms with Crippen molar-refractivity contribution in [2.75, 3.05) is 52.4 Å². The topological polar surface area (TPSA) is 65.1 Å². The Morgan fingerprint density at radius 2 is 1.48 bits per heavy atom. The Hall–Kier alpha value is -3.53. The number of hydrogen-bond acceptors (Lipinski definition) is 4. The molecule has 1 atom stereocenters. The Balaban J connectivity index is 0.00000417. The van der Waals surface area contributed by atoms with E-state index in [0.717, 1.165) is 64.3 Å². The highest BCUT2D eigenvalue weighted by Crippen LogP contribution is 2.36. The minimum absolute atomic E-state index is 0. The van der Waals surface area contributed by atoms with E-state index in [1.807, 2.05) is 41.3 Å². The highest BCUT2D eigenvalue weighted by molar-refractivity contribution is 5.94. The third kappa shape index (κ3) is 7.70. The van der Waals surface area contributed by atoms with Gasteiger partial charge < -0.3 is 24.8 Å². The Bertz CT molecular complexity index is 1470. The molecule has 1 N–H and O–H groups in total. The van der Waals surface area contributed by atoms with E-state index < -0.39 is 17.2 Å². The van der Waals surface area contributed by atoms with Gasteiger partial charge in [0.25, 0.3) is 5.91 Å². The Labute approximate surface area is 276 Å². The van der Waals surface area contributed by atoms with Crippen molar-refractivity contribution in [3.63, 3.8) is 0 Å². The number of amides is 3. The third-order valence-electron chi connectivity index (χ3n) is 9.74. The number of morpholine rings is 1. The van der Waals surface area contributed by atoms with Crippen molar-refractivity contribution in [3.8, 4) is 0 Å². The molecule has 3 heterocycles. The van der Waals surface area contributed by atoms with Gasteiger partial charge in [-0.3, -0.25) is 4.79 Å². The molecule has 0 aliphatic carbocycles. The highest BCUT2D eigenvalue weighted by Gasteiger charge is 2.42. The molecule has 0 saturated carbocycles. The van der Waals surface area contributed by atoms with Crippen molar-refractivity contribution < 1.29 is 23.1 Å². The zero-order chi connectivity index (χ0) is 31.3. The second-order valence-electron chi connectivity index (χ2n) is 12.7. The molecule has 3 aliphatic heterocycles. The molecule has 3 aliphatic rings. The maximum Gasteiger partial charge on any atom is 0.317 e. The monoisotopic (exact) mass is 652 g/mol. The average molecular weight is 653 g/mol. The third-order valence-corrected chi connectivity index (χ3v) is 9.74. The standard InChI is InChI=1S/C36H42F2N4O3.ClH/c37-31-14-13-30(25-32(31)38)36(27-42(23-24-45-36)33(43)29-11-5-2-6-12-29)17-22-40-20-15-35(16-21-40,26-28-9-3-1-4-10-28)39-34(44)41-18-7-8-19-41;/h1-6,9-14,25H,7-8,15-24,26-27H2,(H,39,44);1H. The summed E-state index contributed by atoms with van der Waals surface area (Å²) in [6, 6.07) is 23.4. The molecule has 0 radical (unpaired) electrons. The van der Waals surface area contributed by atoms with E-state index in [1.165, 1.54) is 11.6 Å². The van der Waals surface area contributed by atoms with Crippen molar-refractivity contribution in [2.24, 2.45) is 0 Å². The molecule has 3 aromatic carbocycles. The van der Waals surface area contributed by atoms with Crippen molar-refractivity contribution in [2.45, 2.75) is 49.7 Å². The van der Waals surface area contributed by atoms with Crippen LogP contribution >= 0.6 is 12.4 Å². The van der Waals surface area contributed by atoms with E-state index in [0.29, 0.717) is 37.2 Å². The molecule has 0 spiro atoms. The van der Waals surface area contributed by atoms with Crippen LogP contribution < -0.4 is 5.32 Å². The summed E-state index contributed by atoms with van der Waals surface area (Å²) < 4.78 is 34.9. The fraction of sp³-hybridized carbons (Fsp3) is 0.444. The van der Waals surface area contributed by atoms with Gasteiger partial charge in [0, 0.05) is 50.4 Å². The molecule has 246 valence electrons. The molecular weight excluding hydrogens is 610 g/mol. The molecule has 10 heteroatoms. The summed E-state index contributed by atoms with van der Waals surface area (Å²) in [5.74, 6) is -1.95. The zero-order valence-corrected chi connectivity index (χ0v) is 27.0. The largest absolute Gasteiger partial charge is 0.367 e. The van der Waals surface area contributed by atoms with Crippen LogP contribution in [0.15, 0.2) is 78.9 Å². The van der Waals surface area contributed by atoms with E-state index in [1.54, 1.807) is 23.1 Å². The van der Waals surface area contributed by atoms with Gasteiger partial charge in [0.1, 0.15) is 5.60 Å². The van der Waals surface area contributed by atoms with Gasteiger partial charge in [-0.2, -0.15) is 0 Å². The van der Waals surface area contributed by atoms with Crippen LogP contribution in [-0.2, 0) is 16.8 Å². The predicted molar refractivity (Wildman–Crippen MR) is 176 cm³/mol. The summed E-state index contributed by atoms with van der Waals surface area (Å²) in [4.78, 5) is 32.7. The van der Waals surface area contributed by atoms with Crippen molar-refractivity contribution >= 4 is 24.3 Å². The number of nitrogens with one attached hydrogen (secondary N) is 1. The number of piperidine rings is 1. The summed E-state index contributed by atoms with van der Waals surface area (Å²) in [6.45, 7) is 4.74. The molecule has 46 heavy (non-hydrogen) atoms. The maximum absolute atomic E-state index is 14.5. The first-order valence-electron chi connectivity index (χ1n) is 16.1. The lowest BCUT2D eigenvalue weighted by Crippen LogP contribution is -2.59. The fourth-order valence-electron chi connectivity index (χ4n) is 7.07. The molecule has 7 nitrogen and oxygen atoms in total. The van der Waals surface area contributed by atoms with Crippen LogP contribution in [0.4, 0.5) is 13.6 Å². The second kappa shape index (κ2) is 14.9. The van der Waals surface area contributed by atoms with Gasteiger partial charge in [-0.15, -0.1) is 12.4 Å². The average Bonchev–Trinajstić information content (AvgIpc) is 3.62. The first kappa shape index (κ1) is 33.8. The minimum atomic E-state index is -0.986. The summed E-state index contributed by atoms with van der Waals surface area (Å²) in [7, 11) is 0. The molecule has 3 saturated heterocycles. The molecule has 0 bridgehead atoms. The summed E-state index contributed by atoms with van der Waals surface area (Å²) >= 11 is 0. The number of nitrogens with zero attached hydrogens (tertiary/aromatic N) is 3. The van der Waals surface area contributed by atoms with Crippen molar-refractivity contribution in [1.82, 2.24) is 20.0 Å². The smallest absolute Gasteiger partial charge is 0.317 e. The quantitative estimate of drug-likeness (QED) is 0.323. The Kier molecular flexibility index (Phi) is 11.0. The zero-order valence-electron chi connectivity index (χ0n) is 26.1. The molecule has 1 unspecified atom stereocenters. The van der Waals surface area contributed by atoms with Gasteiger partial charge in [-0.1, -0.05) is 54.6 Å². The lowest BCUT2D eigenvalue weighted by atomic mass is 9.81. The lowest BCUT2D eigenvalue weighted by molar-refractivity contribution is -0.114. The molecule has 3 amide bonds. The van der Waals surface area contributed by atoms with Crippen LogP contribution in [0.5, 0.6) is 0 Å². The molecule has 6 rings (SSSR count). The number of hydrogen-bond donors (Lipinski definition) is 1. The van der Waals surface area contributed by atoms with Crippen molar-refractivity contribution in [3.05, 3.63) is 107 Å². The number of rotatable bonds is 8. The summed E-state index contributed by atoms with van der Waals surface area (Å²) in [5.41, 5.74) is 0.972. The van der Waals surface area contributed by atoms with Crippen LogP contribution in [0.3, 0.4) is 0 Å². The van der Waals surface area contributed by atoms with E-state index in [4.69, 9.17) is 4.74 Å². The van der Waals surface area contributed by atoms with Crippen molar-refractivity contribution in [1.29, 1.82) is 0 Å². The number of ether oxygens (including phenoxy) is 1. The molecule has 0 aromatic heterocycles. The van der Waals surface area contributed by atoms with E-state index in [9.17, 15) is 18.4 Å². The molecule has 3 aromatic rings. The van der Waals surface area contributed by atoms with Gasteiger partial charge in [-0.05, 0) is 73.9 Å². The molecule has 3 fully saturated rings. The first-order chi connectivity index (χ1) is 21.8. The van der Waals surface area contributed by atoms with Crippen LogP contribution in [0.25, 0.3) is 0 Å². The van der Waals surface area contributed by atoms with E-state index in [2.05, 4.69) is 22.3 Å². The molecular formula is C36H43ClF2N4O3. The fourth-order valence-corrected chi connectivity index (χ4v) is 7.07. The number of benzene rings is 3. The summed E-state index contributed by atoms with van der Waals surface area (Å²) in [6.07, 6.45) is 4.94. The van der Waals surface area contributed by atoms with Crippen LogP contribution in [-0.4, -0.2) is 84.6 Å². The van der Waals surface area contributed by atoms with Crippen LogP contribution in [0.2, 0.25) is 0 Å². The first-order valence-corrected chi connectivity index (χ1v) is 16.1. The Morgan fingerprint density at radius 3 is 2.15 bits per heavy atom. The highest BCUT2D eigenvalue weighted by atomic mass is 35.5. The van der Waals surface area contributed by atoms with Crippen LogP contribution in [0, 0.1) is 11.6 Å². The number of carbonyl (C=O) groups is 2. The SMILES string of the molecule is Cl.O=C(NC1(Cc2ccccc2)CCN(CCC2(c3ccc(F)c(F)c3)CN(C(=O)c3ccccc3)CCO2)CC1)N1CCCC1. The van der Waals surface area contributed by atoms with Gasteiger partial charge >= 0.3 is 6.03 Å². The van der Waals surface area contributed by atoms with Gasteiger partial charge in [0.15, 0.2) is 11.6 Å². The normalized spacial score (nSPS) is 21.4. The van der Waals surface area contributed by atoms with Crippen LogP contribution in [0.1, 0.15) is 53.6 Å². The number of urea groups is 1. The van der Waals surface area contributed by atoms with E-state index in [-0.39, 0.29) is 36.4 Å². The number of likely N-dealkylation sites (tertiary alicyclic amines) is 2. The van der Waals surface area contributed by atoms with E-state index >= 15 is 0 Å². The minimum Gasteiger partial charge on any atom is -0.367 e. The number of carbonyl (C=O) groups excluding carboxylic acids is 2. The summed E-state index contributed by atoms with van der Waals surface area (Å²) in [5, 5.41) is 3.44.